The summed E-state index contributed by atoms with van der Waals surface area (Å²) in [7, 11) is 0. The summed E-state index contributed by atoms with van der Waals surface area (Å²) in [5, 5.41) is 8.38. The van der Waals surface area contributed by atoms with Crippen molar-refractivity contribution >= 4 is 17.6 Å². The molecule has 0 unspecified atom stereocenters. The van der Waals surface area contributed by atoms with Gasteiger partial charge in [-0.2, -0.15) is 0 Å². The van der Waals surface area contributed by atoms with Crippen molar-refractivity contribution in [3.05, 3.63) is 35.9 Å². The number of aromatic carboxylic acids is 1. The number of carbonyl (C=O) groups is 1. The van der Waals surface area contributed by atoms with Crippen molar-refractivity contribution in [2.45, 2.75) is 13.3 Å². The van der Waals surface area contributed by atoms with E-state index in [-0.39, 0.29) is 0 Å². The Bertz CT molecular complexity index is 232. The molecule has 0 radical (unpaired) electrons. The number of halogens is 1. The molecule has 0 spiro atoms. The molecule has 1 N–H and O–H groups in total. The molecule has 0 fully saturated rings. The zero-order chi connectivity index (χ0) is 10.1. The van der Waals surface area contributed by atoms with Crippen LogP contribution < -0.4 is 0 Å². The summed E-state index contributed by atoms with van der Waals surface area (Å²) in [6, 6.07) is 8.30. The van der Waals surface area contributed by atoms with Gasteiger partial charge in [-0.3, -0.25) is 0 Å². The summed E-state index contributed by atoms with van der Waals surface area (Å²) in [6.07, 6.45) is 1.08. The average molecular weight is 201 g/mol. The zero-order valence-corrected chi connectivity index (χ0v) is 8.29. The predicted molar refractivity (Wildman–Crippen MR) is 54.4 cm³/mol. The molecule has 13 heavy (non-hydrogen) atoms. The Balaban J connectivity index is 0.000000310. The molecule has 0 atom stereocenters. The lowest BCUT2D eigenvalue weighted by Crippen LogP contribution is -1.93. The maximum atomic E-state index is 10.2. The first-order valence-electron chi connectivity index (χ1n) is 4.06. The maximum absolute atomic E-state index is 10.2. The van der Waals surface area contributed by atoms with Crippen LogP contribution in [0.3, 0.4) is 0 Å². The van der Waals surface area contributed by atoms with E-state index < -0.39 is 5.97 Å². The van der Waals surface area contributed by atoms with Crippen molar-refractivity contribution in [2.24, 2.45) is 0 Å². The highest BCUT2D eigenvalue weighted by atomic mass is 35.5. The summed E-state index contributed by atoms with van der Waals surface area (Å²) in [5.41, 5.74) is 0.331. The number of rotatable bonds is 2. The second kappa shape index (κ2) is 7.62. The zero-order valence-electron chi connectivity index (χ0n) is 7.53. The van der Waals surface area contributed by atoms with Crippen molar-refractivity contribution < 1.29 is 9.90 Å². The minimum Gasteiger partial charge on any atom is -0.478 e. The van der Waals surface area contributed by atoms with Gasteiger partial charge in [0, 0.05) is 5.88 Å². The fraction of sp³-hybridized carbons (Fsp3) is 0.300. The van der Waals surface area contributed by atoms with Gasteiger partial charge in [-0.15, -0.1) is 11.6 Å². The number of hydrogen-bond donors (Lipinski definition) is 1. The first-order chi connectivity index (χ1) is 6.22. The molecular weight excluding hydrogens is 188 g/mol. The van der Waals surface area contributed by atoms with Crippen molar-refractivity contribution in [3.63, 3.8) is 0 Å². The molecule has 0 saturated heterocycles. The standard InChI is InChI=1S/C7H6O2.C3H7Cl/c8-7(9)6-4-2-1-3-5-6;1-2-3-4/h1-5H,(H,8,9);2-3H2,1H3. The van der Waals surface area contributed by atoms with Crippen LogP contribution in [0.4, 0.5) is 0 Å². The molecule has 0 bridgehead atoms. The van der Waals surface area contributed by atoms with Crippen molar-refractivity contribution in [2.75, 3.05) is 5.88 Å². The molecule has 0 amide bonds. The quantitative estimate of drug-likeness (QED) is 0.746. The molecule has 0 aromatic heterocycles. The molecule has 2 nitrogen and oxygen atoms in total. The van der Waals surface area contributed by atoms with Gasteiger partial charge >= 0.3 is 5.97 Å². The van der Waals surface area contributed by atoms with Crippen LogP contribution in [0.1, 0.15) is 23.7 Å². The lowest BCUT2D eigenvalue weighted by Gasteiger charge is -1.88. The van der Waals surface area contributed by atoms with E-state index in [0.29, 0.717) is 5.56 Å². The summed E-state index contributed by atoms with van der Waals surface area (Å²) >= 11 is 5.19. The third kappa shape index (κ3) is 6.17. The Labute approximate surface area is 83.2 Å². The molecule has 0 heterocycles. The highest BCUT2D eigenvalue weighted by Gasteiger charge is 1.96. The van der Waals surface area contributed by atoms with Crippen LogP contribution in [0.2, 0.25) is 0 Å². The number of carboxylic acids is 1. The third-order valence-corrected chi connectivity index (χ3v) is 1.59. The minimum atomic E-state index is -0.879. The number of benzene rings is 1. The highest BCUT2D eigenvalue weighted by Crippen LogP contribution is 1.96. The second-order valence-electron chi connectivity index (χ2n) is 2.36. The average Bonchev–Trinajstić information content (AvgIpc) is 2.19. The van der Waals surface area contributed by atoms with E-state index >= 15 is 0 Å². The van der Waals surface area contributed by atoms with Gasteiger partial charge in [0.05, 0.1) is 5.56 Å². The smallest absolute Gasteiger partial charge is 0.335 e. The van der Waals surface area contributed by atoms with E-state index in [2.05, 4.69) is 0 Å². The van der Waals surface area contributed by atoms with Crippen LogP contribution in [-0.4, -0.2) is 17.0 Å². The fourth-order valence-corrected chi connectivity index (χ4v) is 0.581. The van der Waals surface area contributed by atoms with Gasteiger partial charge in [-0.25, -0.2) is 4.79 Å². The van der Waals surface area contributed by atoms with E-state index in [1.807, 2.05) is 6.92 Å². The minimum absolute atomic E-state index is 0.331. The van der Waals surface area contributed by atoms with Crippen molar-refractivity contribution in [1.29, 1.82) is 0 Å². The lowest BCUT2D eigenvalue weighted by atomic mass is 10.2. The largest absolute Gasteiger partial charge is 0.478 e. The van der Waals surface area contributed by atoms with Gasteiger partial charge in [0.25, 0.3) is 0 Å². The van der Waals surface area contributed by atoms with E-state index in [1.165, 1.54) is 0 Å². The van der Waals surface area contributed by atoms with Crippen LogP contribution >= 0.6 is 11.6 Å². The molecule has 72 valence electrons. The van der Waals surface area contributed by atoms with E-state index in [4.69, 9.17) is 16.7 Å². The van der Waals surface area contributed by atoms with Crippen LogP contribution in [-0.2, 0) is 0 Å². The van der Waals surface area contributed by atoms with E-state index in [0.717, 1.165) is 12.3 Å². The van der Waals surface area contributed by atoms with Crippen molar-refractivity contribution in [3.8, 4) is 0 Å². The first-order valence-corrected chi connectivity index (χ1v) is 4.60. The topological polar surface area (TPSA) is 37.3 Å². The Morgan fingerprint density at radius 3 is 2.08 bits per heavy atom. The first kappa shape index (κ1) is 12.0. The monoisotopic (exact) mass is 200 g/mol. The van der Waals surface area contributed by atoms with Gasteiger partial charge in [-0.05, 0) is 18.6 Å². The van der Waals surface area contributed by atoms with Crippen LogP contribution in [0.25, 0.3) is 0 Å². The van der Waals surface area contributed by atoms with Gasteiger partial charge in [0.15, 0.2) is 0 Å². The Morgan fingerprint density at radius 2 is 1.85 bits per heavy atom. The van der Waals surface area contributed by atoms with Gasteiger partial charge in [0.1, 0.15) is 0 Å². The van der Waals surface area contributed by atoms with Crippen LogP contribution in [0.15, 0.2) is 30.3 Å². The molecule has 0 aliphatic rings. The summed E-state index contributed by atoms with van der Waals surface area (Å²) in [6.45, 7) is 2.05. The SMILES string of the molecule is CCCCl.O=C(O)c1ccccc1. The van der Waals surface area contributed by atoms with E-state index in [1.54, 1.807) is 30.3 Å². The number of hydrogen-bond acceptors (Lipinski definition) is 1. The summed E-state index contributed by atoms with van der Waals surface area (Å²) in [5.74, 6) is -0.0874. The van der Waals surface area contributed by atoms with Gasteiger partial charge < -0.3 is 5.11 Å². The van der Waals surface area contributed by atoms with Gasteiger partial charge in [0.2, 0.25) is 0 Å². The Hall–Kier alpha value is -1.02. The highest BCUT2D eigenvalue weighted by molar-refractivity contribution is 6.17. The van der Waals surface area contributed by atoms with Crippen LogP contribution in [0, 0.1) is 0 Å². The normalized spacial score (nSPS) is 8.46. The number of alkyl halides is 1. The summed E-state index contributed by atoms with van der Waals surface area (Å²) < 4.78 is 0. The second-order valence-corrected chi connectivity index (χ2v) is 2.74. The Kier molecular flexibility index (Phi) is 7.02. The molecule has 3 heteroatoms. The van der Waals surface area contributed by atoms with Crippen LogP contribution in [0.5, 0.6) is 0 Å². The number of carboxylic acid groups (broad SMARTS) is 1. The predicted octanol–water partition coefficient (Wildman–Crippen LogP) is 3.02. The Morgan fingerprint density at radius 1 is 1.38 bits per heavy atom. The molecule has 0 aliphatic carbocycles. The lowest BCUT2D eigenvalue weighted by molar-refractivity contribution is 0.0697. The molecule has 1 aromatic carbocycles. The third-order valence-electron chi connectivity index (χ3n) is 1.21. The molecule has 1 rings (SSSR count). The maximum Gasteiger partial charge on any atom is 0.335 e. The fourth-order valence-electron chi connectivity index (χ4n) is 0.581. The summed E-state index contributed by atoms with van der Waals surface area (Å²) in [4.78, 5) is 10.2. The molecule has 0 saturated carbocycles. The van der Waals surface area contributed by atoms with Gasteiger partial charge in [-0.1, -0.05) is 25.1 Å². The van der Waals surface area contributed by atoms with E-state index in [9.17, 15) is 4.79 Å². The molecule has 1 aromatic rings. The molecule has 0 aliphatic heterocycles. The molecular formula is C10H13ClO2. The van der Waals surface area contributed by atoms with Crippen molar-refractivity contribution in [1.82, 2.24) is 0 Å².